The van der Waals surface area contributed by atoms with Crippen molar-refractivity contribution in [2.75, 3.05) is 20.1 Å². The number of hydrogen-bond acceptors (Lipinski definition) is 2. The summed E-state index contributed by atoms with van der Waals surface area (Å²) < 4.78 is 0. The topological polar surface area (TPSA) is 24.1 Å². The summed E-state index contributed by atoms with van der Waals surface area (Å²) >= 11 is 0. The molecule has 2 nitrogen and oxygen atoms in total. The third kappa shape index (κ3) is 3.80. The van der Waals surface area contributed by atoms with Crippen LogP contribution in [0, 0.1) is 0 Å². The Morgan fingerprint density at radius 1 is 1.40 bits per heavy atom. The van der Waals surface area contributed by atoms with E-state index in [1.807, 2.05) is 13.1 Å². The van der Waals surface area contributed by atoms with E-state index in [-0.39, 0.29) is 0 Å². The second-order valence-electron chi connectivity index (χ2n) is 4.20. The molecule has 1 unspecified atom stereocenters. The van der Waals surface area contributed by atoms with Crippen LogP contribution in [0.25, 0.3) is 0 Å². The van der Waals surface area contributed by atoms with E-state index in [1.165, 1.54) is 31.3 Å². The lowest BCUT2D eigenvalue weighted by Gasteiger charge is -2.12. The van der Waals surface area contributed by atoms with Gasteiger partial charge in [-0.25, -0.2) is 0 Å². The van der Waals surface area contributed by atoms with E-state index >= 15 is 0 Å². The van der Waals surface area contributed by atoms with Gasteiger partial charge in [0.25, 0.3) is 0 Å². The predicted octanol–water partition coefficient (Wildman–Crippen LogP) is 2.24. The predicted molar refractivity (Wildman–Crippen MR) is 67.1 cm³/mol. The van der Waals surface area contributed by atoms with Crippen LogP contribution in [0.4, 0.5) is 0 Å². The van der Waals surface area contributed by atoms with Gasteiger partial charge in [-0.3, -0.25) is 0 Å². The van der Waals surface area contributed by atoms with E-state index in [0.717, 1.165) is 13.1 Å². The van der Waals surface area contributed by atoms with Gasteiger partial charge in [0.15, 0.2) is 0 Å². The Labute approximate surface area is 93.8 Å². The minimum absolute atomic E-state index is 0.657. The number of rotatable bonds is 7. The molecule has 0 spiro atoms. The van der Waals surface area contributed by atoms with Crippen molar-refractivity contribution < 1.29 is 0 Å². The smallest absolute Gasteiger partial charge is 0.0145 e. The van der Waals surface area contributed by atoms with Gasteiger partial charge in [-0.2, -0.15) is 0 Å². The third-order valence-electron chi connectivity index (χ3n) is 3.12. The second-order valence-corrected chi connectivity index (χ2v) is 4.20. The molecule has 1 aliphatic carbocycles. The SMILES string of the molecule is C=CC1=C(CC)CC(NCCCNC)C1. The molecule has 2 N–H and O–H groups in total. The van der Waals surface area contributed by atoms with Gasteiger partial charge in [-0.1, -0.05) is 25.2 Å². The summed E-state index contributed by atoms with van der Waals surface area (Å²) in [6.45, 7) is 8.34. The van der Waals surface area contributed by atoms with Gasteiger partial charge in [0, 0.05) is 6.04 Å². The molecule has 1 aliphatic rings. The number of allylic oxidation sites excluding steroid dienone is 1. The molecule has 0 radical (unpaired) electrons. The van der Waals surface area contributed by atoms with Gasteiger partial charge < -0.3 is 10.6 Å². The quantitative estimate of drug-likeness (QED) is 0.627. The van der Waals surface area contributed by atoms with Crippen LogP contribution >= 0.6 is 0 Å². The molecule has 0 aliphatic heterocycles. The van der Waals surface area contributed by atoms with Crippen molar-refractivity contribution in [2.24, 2.45) is 0 Å². The van der Waals surface area contributed by atoms with Crippen molar-refractivity contribution in [2.45, 2.75) is 38.6 Å². The Morgan fingerprint density at radius 2 is 2.20 bits per heavy atom. The number of nitrogens with one attached hydrogen (secondary N) is 2. The fourth-order valence-corrected chi connectivity index (χ4v) is 2.23. The molecule has 0 aromatic rings. The van der Waals surface area contributed by atoms with E-state index in [1.54, 1.807) is 5.57 Å². The molecule has 1 rings (SSSR count). The molecule has 0 heterocycles. The molecule has 2 heteroatoms. The molecule has 0 saturated carbocycles. The van der Waals surface area contributed by atoms with Crippen LogP contribution in [-0.4, -0.2) is 26.2 Å². The van der Waals surface area contributed by atoms with E-state index in [4.69, 9.17) is 0 Å². The van der Waals surface area contributed by atoms with Gasteiger partial charge in [0.1, 0.15) is 0 Å². The molecule has 0 bridgehead atoms. The summed E-state index contributed by atoms with van der Waals surface area (Å²) in [5.41, 5.74) is 3.07. The monoisotopic (exact) mass is 208 g/mol. The van der Waals surface area contributed by atoms with Crippen LogP contribution in [0.3, 0.4) is 0 Å². The minimum Gasteiger partial charge on any atom is -0.320 e. The van der Waals surface area contributed by atoms with Crippen LogP contribution < -0.4 is 10.6 Å². The summed E-state index contributed by atoms with van der Waals surface area (Å²) in [6, 6.07) is 0.657. The first-order chi connectivity index (χ1) is 7.31. The maximum atomic E-state index is 3.89. The molecule has 1 atom stereocenters. The normalized spacial score (nSPS) is 21.1. The highest BCUT2D eigenvalue weighted by Crippen LogP contribution is 2.29. The summed E-state index contributed by atoms with van der Waals surface area (Å²) in [6.07, 6.45) is 6.81. The largest absolute Gasteiger partial charge is 0.320 e. The highest BCUT2D eigenvalue weighted by Gasteiger charge is 2.20. The zero-order valence-electron chi connectivity index (χ0n) is 10.1. The highest BCUT2D eigenvalue weighted by atomic mass is 14.9. The molecular formula is C13H24N2. The molecule has 0 amide bonds. The third-order valence-corrected chi connectivity index (χ3v) is 3.12. The molecule has 15 heavy (non-hydrogen) atoms. The van der Waals surface area contributed by atoms with E-state index in [9.17, 15) is 0 Å². The molecule has 86 valence electrons. The summed E-state index contributed by atoms with van der Waals surface area (Å²) in [5, 5.41) is 6.78. The number of hydrogen-bond donors (Lipinski definition) is 2. The van der Waals surface area contributed by atoms with Crippen molar-refractivity contribution in [1.29, 1.82) is 0 Å². The maximum Gasteiger partial charge on any atom is 0.0145 e. The van der Waals surface area contributed by atoms with E-state index in [2.05, 4.69) is 24.1 Å². The van der Waals surface area contributed by atoms with Crippen molar-refractivity contribution >= 4 is 0 Å². The first-order valence-electron chi connectivity index (χ1n) is 6.03. The van der Waals surface area contributed by atoms with Gasteiger partial charge >= 0.3 is 0 Å². The van der Waals surface area contributed by atoms with E-state index in [0.29, 0.717) is 6.04 Å². The second kappa shape index (κ2) is 6.81. The van der Waals surface area contributed by atoms with Crippen LogP contribution in [0.5, 0.6) is 0 Å². The van der Waals surface area contributed by atoms with Gasteiger partial charge in [0.2, 0.25) is 0 Å². The minimum atomic E-state index is 0.657. The van der Waals surface area contributed by atoms with Crippen LogP contribution in [0.15, 0.2) is 23.8 Å². The maximum absolute atomic E-state index is 3.89. The Hall–Kier alpha value is -0.600. The first-order valence-corrected chi connectivity index (χ1v) is 6.03. The van der Waals surface area contributed by atoms with Gasteiger partial charge in [0.05, 0.1) is 0 Å². The van der Waals surface area contributed by atoms with Crippen molar-refractivity contribution in [3.63, 3.8) is 0 Å². The summed E-state index contributed by atoms with van der Waals surface area (Å²) in [7, 11) is 2.00. The summed E-state index contributed by atoms with van der Waals surface area (Å²) in [4.78, 5) is 0. The highest BCUT2D eigenvalue weighted by molar-refractivity contribution is 5.30. The van der Waals surface area contributed by atoms with Gasteiger partial charge in [-0.05, 0) is 51.4 Å². The molecule has 0 fully saturated rings. The van der Waals surface area contributed by atoms with Crippen LogP contribution in [0.2, 0.25) is 0 Å². The van der Waals surface area contributed by atoms with Crippen LogP contribution in [0.1, 0.15) is 32.6 Å². The van der Waals surface area contributed by atoms with Crippen LogP contribution in [-0.2, 0) is 0 Å². The van der Waals surface area contributed by atoms with Gasteiger partial charge in [-0.15, -0.1) is 0 Å². The van der Waals surface area contributed by atoms with Crippen molar-refractivity contribution in [1.82, 2.24) is 10.6 Å². The zero-order valence-corrected chi connectivity index (χ0v) is 10.1. The average molecular weight is 208 g/mol. The lowest BCUT2D eigenvalue weighted by molar-refractivity contribution is 0.514. The van der Waals surface area contributed by atoms with E-state index < -0.39 is 0 Å². The molecule has 0 aromatic carbocycles. The van der Waals surface area contributed by atoms with Crippen molar-refractivity contribution in [3.05, 3.63) is 23.8 Å². The molecular weight excluding hydrogens is 184 g/mol. The summed E-state index contributed by atoms with van der Waals surface area (Å²) in [5.74, 6) is 0. The Balaban J connectivity index is 2.23. The average Bonchev–Trinajstić information content (AvgIpc) is 2.67. The fraction of sp³-hybridized carbons (Fsp3) is 0.692. The Kier molecular flexibility index (Phi) is 5.66. The lowest BCUT2D eigenvalue weighted by atomic mass is 10.1. The van der Waals surface area contributed by atoms with Crippen molar-refractivity contribution in [3.8, 4) is 0 Å². The lowest BCUT2D eigenvalue weighted by Crippen LogP contribution is -2.29. The molecule has 0 aromatic heterocycles. The molecule has 0 saturated heterocycles. The Morgan fingerprint density at radius 3 is 2.73 bits per heavy atom. The fourth-order valence-electron chi connectivity index (χ4n) is 2.23. The Bertz CT molecular complexity index is 231. The first kappa shape index (κ1) is 12.5. The standard InChI is InChI=1S/C13H24N2/c1-4-11-9-13(10-12(11)5-2)15-8-6-7-14-3/h4,13-15H,1,5-10H2,2-3H3. The zero-order chi connectivity index (χ0) is 11.1.